The molecule has 186 valence electrons. The molecule has 0 saturated carbocycles. The van der Waals surface area contributed by atoms with Crippen LogP contribution in [-0.4, -0.2) is 62.3 Å². The highest BCUT2D eigenvalue weighted by Crippen LogP contribution is 2.35. The normalized spacial score (nSPS) is 14.2. The van der Waals surface area contributed by atoms with Gasteiger partial charge in [-0.2, -0.15) is 5.26 Å². The molecule has 7 heteroatoms. The second-order valence-electron chi connectivity index (χ2n) is 8.72. The summed E-state index contributed by atoms with van der Waals surface area (Å²) in [6.07, 6.45) is 1.98. The number of aryl methyl sites for hydroxylation is 1. The Hall–Kier alpha value is -3.05. The number of rotatable bonds is 12. The maximum atomic E-state index is 10.0. The fraction of sp³-hybridized carbons (Fsp3) is 0.464. The lowest BCUT2D eigenvalue weighted by Gasteiger charge is -2.26. The van der Waals surface area contributed by atoms with Crippen LogP contribution in [0, 0.1) is 11.3 Å². The Labute approximate surface area is 208 Å². The second-order valence-corrected chi connectivity index (χ2v) is 8.72. The zero-order valence-corrected chi connectivity index (χ0v) is 20.9. The van der Waals surface area contributed by atoms with Gasteiger partial charge in [0, 0.05) is 49.9 Å². The first-order chi connectivity index (χ1) is 17.2. The average Bonchev–Trinajstić information content (AvgIpc) is 3.23. The summed E-state index contributed by atoms with van der Waals surface area (Å²) in [4.78, 5) is 2.42. The highest BCUT2D eigenvalue weighted by molar-refractivity contribution is 5.95. The van der Waals surface area contributed by atoms with Crippen molar-refractivity contribution in [1.82, 2.24) is 9.47 Å². The van der Waals surface area contributed by atoms with Gasteiger partial charge >= 0.3 is 0 Å². The summed E-state index contributed by atoms with van der Waals surface area (Å²) in [5.41, 5.74) is 4.69. The molecule has 1 saturated heterocycles. The highest BCUT2D eigenvalue weighted by atomic mass is 16.5. The third kappa shape index (κ3) is 6.15. The summed E-state index contributed by atoms with van der Waals surface area (Å²) in [5, 5.41) is 14.3. The standard InChI is InChI=1S/C28H36N4O3/c1-3-15-34-21-30-23-8-6-22(7-9-23)28-26(20-29)25-11-10-24(19-27(25)32(28)4-2)35-16-5-12-31-13-17-33-18-14-31/h6-11,19,30H,3-5,12-18,21H2,1-2H3. The van der Waals surface area contributed by atoms with Crippen molar-refractivity contribution < 1.29 is 14.2 Å². The molecule has 1 aromatic heterocycles. The summed E-state index contributed by atoms with van der Waals surface area (Å²) < 4.78 is 19.2. The average molecular weight is 477 g/mol. The van der Waals surface area contributed by atoms with Gasteiger partial charge in [0.25, 0.3) is 0 Å². The van der Waals surface area contributed by atoms with Gasteiger partial charge in [-0.1, -0.05) is 19.1 Å². The van der Waals surface area contributed by atoms with Gasteiger partial charge in [0.15, 0.2) is 0 Å². The van der Waals surface area contributed by atoms with E-state index in [9.17, 15) is 5.26 Å². The molecule has 0 unspecified atom stereocenters. The summed E-state index contributed by atoms with van der Waals surface area (Å²) in [6.45, 7) is 11.5. The smallest absolute Gasteiger partial charge is 0.121 e. The van der Waals surface area contributed by atoms with Crippen LogP contribution in [0.15, 0.2) is 42.5 Å². The van der Waals surface area contributed by atoms with Gasteiger partial charge in [-0.25, -0.2) is 0 Å². The number of benzene rings is 2. The minimum atomic E-state index is 0.487. The van der Waals surface area contributed by atoms with E-state index < -0.39 is 0 Å². The van der Waals surface area contributed by atoms with Gasteiger partial charge in [-0.3, -0.25) is 4.90 Å². The van der Waals surface area contributed by atoms with Crippen molar-refractivity contribution in [1.29, 1.82) is 5.26 Å². The van der Waals surface area contributed by atoms with Crippen LogP contribution < -0.4 is 10.1 Å². The number of nitrogens with zero attached hydrogens (tertiary/aromatic N) is 3. The van der Waals surface area contributed by atoms with Gasteiger partial charge in [-0.05, 0) is 49.6 Å². The van der Waals surface area contributed by atoms with Crippen LogP contribution in [0.25, 0.3) is 22.2 Å². The van der Waals surface area contributed by atoms with Crippen molar-refractivity contribution >= 4 is 16.6 Å². The Morgan fingerprint density at radius 3 is 2.57 bits per heavy atom. The lowest BCUT2D eigenvalue weighted by atomic mass is 10.1. The summed E-state index contributed by atoms with van der Waals surface area (Å²) in [5.74, 6) is 0.842. The number of nitrogens with one attached hydrogen (secondary N) is 1. The molecule has 1 aliphatic heterocycles. The largest absolute Gasteiger partial charge is 0.493 e. The molecule has 0 amide bonds. The monoisotopic (exact) mass is 476 g/mol. The number of morpholine rings is 1. The van der Waals surface area contributed by atoms with Gasteiger partial charge in [-0.15, -0.1) is 0 Å². The topological polar surface area (TPSA) is 71.7 Å². The molecule has 1 N–H and O–H groups in total. The molecule has 7 nitrogen and oxygen atoms in total. The number of hydrogen-bond donors (Lipinski definition) is 1. The van der Waals surface area contributed by atoms with Gasteiger partial charge in [0.05, 0.1) is 36.6 Å². The molecule has 4 rings (SSSR count). The molecule has 1 fully saturated rings. The third-order valence-electron chi connectivity index (χ3n) is 6.34. The number of aromatic nitrogens is 1. The predicted molar refractivity (Wildman–Crippen MR) is 140 cm³/mol. The molecule has 0 atom stereocenters. The number of nitriles is 1. The molecule has 2 heterocycles. The molecule has 0 bridgehead atoms. The van der Waals surface area contributed by atoms with Gasteiger partial charge in [0.2, 0.25) is 0 Å². The predicted octanol–water partition coefficient (Wildman–Crippen LogP) is 5.10. The van der Waals surface area contributed by atoms with Crippen LogP contribution in [-0.2, 0) is 16.0 Å². The second kappa shape index (κ2) is 12.6. The molecule has 35 heavy (non-hydrogen) atoms. The highest BCUT2D eigenvalue weighted by Gasteiger charge is 2.18. The molecular weight excluding hydrogens is 440 g/mol. The maximum Gasteiger partial charge on any atom is 0.121 e. The van der Waals surface area contributed by atoms with Crippen LogP contribution in [0.2, 0.25) is 0 Å². The van der Waals surface area contributed by atoms with Crippen molar-refractivity contribution in [3.63, 3.8) is 0 Å². The Morgan fingerprint density at radius 1 is 1.06 bits per heavy atom. The van der Waals surface area contributed by atoms with E-state index in [1.54, 1.807) is 0 Å². The number of fused-ring (bicyclic) bond motifs is 1. The number of ether oxygens (including phenoxy) is 3. The zero-order valence-electron chi connectivity index (χ0n) is 20.9. The van der Waals surface area contributed by atoms with Crippen molar-refractivity contribution in [2.45, 2.75) is 33.2 Å². The van der Waals surface area contributed by atoms with E-state index in [2.05, 4.69) is 52.9 Å². The zero-order chi connectivity index (χ0) is 24.5. The van der Waals surface area contributed by atoms with Gasteiger partial charge < -0.3 is 24.1 Å². The Morgan fingerprint density at radius 2 is 1.86 bits per heavy atom. The molecule has 2 aromatic carbocycles. The van der Waals surface area contributed by atoms with Crippen LogP contribution in [0.5, 0.6) is 5.75 Å². The van der Waals surface area contributed by atoms with E-state index in [4.69, 9.17) is 14.2 Å². The van der Waals surface area contributed by atoms with Crippen LogP contribution in [0.1, 0.15) is 32.3 Å². The first-order valence-corrected chi connectivity index (χ1v) is 12.7. The molecule has 0 aliphatic carbocycles. The van der Waals surface area contributed by atoms with Crippen molar-refractivity contribution in [3.05, 3.63) is 48.0 Å². The van der Waals surface area contributed by atoms with Crippen LogP contribution >= 0.6 is 0 Å². The summed E-state index contributed by atoms with van der Waals surface area (Å²) in [6, 6.07) is 16.7. The van der Waals surface area contributed by atoms with Crippen LogP contribution in [0.4, 0.5) is 5.69 Å². The quantitative estimate of drug-likeness (QED) is 0.290. The Balaban J connectivity index is 1.49. The SMILES string of the molecule is CCCOCNc1ccc(-c2c(C#N)c3ccc(OCCCN4CCOCC4)cc3n2CC)cc1. The third-order valence-corrected chi connectivity index (χ3v) is 6.34. The number of anilines is 1. The lowest BCUT2D eigenvalue weighted by Crippen LogP contribution is -2.37. The van der Waals surface area contributed by atoms with Gasteiger partial charge in [0.1, 0.15) is 18.5 Å². The Bertz CT molecular complexity index is 1130. The maximum absolute atomic E-state index is 10.0. The first kappa shape index (κ1) is 25.1. The first-order valence-electron chi connectivity index (χ1n) is 12.7. The molecule has 3 aromatic rings. The molecule has 0 spiro atoms. The lowest BCUT2D eigenvalue weighted by molar-refractivity contribution is 0.0358. The Kier molecular flexibility index (Phi) is 9.02. The van der Waals surface area contributed by atoms with E-state index in [0.29, 0.717) is 18.9 Å². The fourth-order valence-corrected chi connectivity index (χ4v) is 4.56. The summed E-state index contributed by atoms with van der Waals surface area (Å²) in [7, 11) is 0. The molecule has 0 radical (unpaired) electrons. The minimum absolute atomic E-state index is 0.487. The molecular formula is C28H36N4O3. The number of hydrogen-bond acceptors (Lipinski definition) is 6. The van der Waals surface area contributed by atoms with E-state index in [-0.39, 0.29) is 0 Å². The van der Waals surface area contributed by atoms with E-state index >= 15 is 0 Å². The van der Waals surface area contributed by atoms with Crippen molar-refractivity contribution in [2.75, 3.05) is 58.1 Å². The summed E-state index contributed by atoms with van der Waals surface area (Å²) >= 11 is 0. The van der Waals surface area contributed by atoms with Crippen molar-refractivity contribution in [2.24, 2.45) is 0 Å². The van der Waals surface area contributed by atoms with Crippen LogP contribution in [0.3, 0.4) is 0 Å². The van der Waals surface area contributed by atoms with Crippen molar-refractivity contribution in [3.8, 4) is 23.1 Å². The molecule has 1 aliphatic rings. The van der Waals surface area contributed by atoms with E-state index in [1.807, 2.05) is 24.3 Å². The minimum Gasteiger partial charge on any atom is -0.493 e. The van der Waals surface area contributed by atoms with E-state index in [1.165, 1.54) is 0 Å². The fourth-order valence-electron chi connectivity index (χ4n) is 4.56. The van der Waals surface area contributed by atoms with E-state index in [0.717, 1.165) is 92.4 Å².